The number of rotatable bonds is 9. The van der Waals surface area contributed by atoms with Crippen LogP contribution < -0.4 is 10.2 Å². The third-order valence-corrected chi connectivity index (χ3v) is 7.39. The van der Waals surface area contributed by atoms with Crippen molar-refractivity contribution < 1.29 is 9.59 Å². The summed E-state index contributed by atoms with van der Waals surface area (Å²) in [5.74, 6) is 0.329. The van der Waals surface area contributed by atoms with Gasteiger partial charge in [-0.05, 0) is 61.1 Å². The lowest BCUT2D eigenvalue weighted by molar-refractivity contribution is -0.142. The molecule has 2 amide bonds. The molecule has 1 saturated heterocycles. The van der Waals surface area contributed by atoms with Crippen molar-refractivity contribution in [2.75, 3.05) is 44.2 Å². The summed E-state index contributed by atoms with van der Waals surface area (Å²) in [5.41, 5.74) is 4.96. The van der Waals surface area contributed by atoms with Crippen LogP contribution in [-0.4, -0.2) is 66.9 Å². The Bertz CT molecular complexity index is 1030. The van der Waals surface area contributed by atoms with Crippen LogP contribution in [0.4, 0.5) is 5.69 Å². The minimum Gasteiger partial charge on any atom is -0.369 e. The molecule has 2 heterocycles. The van der Waals surface area contributed by atoms with Crippen LogP contribution in [0, 0.1) is 12.8 Å². The highest BCUT2D eigenvalue weighted by Crippen LogP contribution is 2.25. The van der Waals surface area contributed by atoms with Crippen molar-refractivity contribution in [1.82, 2.24) is 15.1 Å². The van der Waals surface area contributed by atoms with E-state index in [1.165, 1.54) is 16.8 Å². The van der Waals surface area contributed by atoms with Crippen molar-refractivity contribution in [3.05, 3.63) is 65.2 Å². The molecular formula is C30H42N4O2. The Morgan fingerprint density at radius 2 is 1.72 bits per heavy atom. The molecule has 194 valence electrons. The summed E-state index contributed by atoms with van der Waals surface area (Å²) in [6.45, 7) is 12.8. The highest BCUT2D eigenvalue weighted by atomic mass is 16.2. The molecule has 0 radical (unpaired) electrons. The Labute approximate surface area is 216 Å². The number of anilines is 1. The monoisotopic (exact) mass is 490 g/mol. The molecule has 6 nitrogen and oxygen atoms in total. The van der Waals surface area contributed by atoms with E-state index in [2.05, 4.69) is 58.4 Å². The Balaban J connectivity index is 1.20. The maximum absolute atomic E-state index is 13.1. The zero-order chi connectivity index (χ0) is 25.5. The summed E-state index contributed by atoms with van der Waals surface area (Å²) in [4.78, 5) is 32.9. The van der Waals surface area contributed by atoms with Crippen molar-refractivity contribution in [1.29, 1.82) is 0 Å². The van der Waals surface area contributed by atoms with E-state index in [1.807, 2.05) is 26.0 Å². The number of hydrogen-bond acceptors (Lipinski definition) is 4. The fourth-order valence-corrected chi connectivity index (χ4v) is 5.33. The number of fused-ring (bicyclic) bond motifs is 1. The first kappa shape index (κ1) is 26.2. The summed E-state index contributed by atoms with van der Waals surface area (Å²) in [7, 11) is 0. The smallest absolute Gasteiger partial charge is 0.243 e. The molecule has 4 rings (SSSR count). The first-order valence-electron chi connectivity index (χ1n) is 13.6. The van der Waals surface area contributed by atoms with E-state index in [-0.39, 0.29) is 17.7 Å². The third-order valence-electron chi connectivity index (χ3n) is 7.39. The number of benzene rings is 2. The summed E-state index contributed by atoms with van der Waals surface area (Å²) >= 11 is 0. The maximum atomic E-state index is 13.1. The molecule has 2 aromatic rings. The Morgan fingerprint density at radius 1 is 0.972 bits per heavy atom. The van der Waals surface area contributed by atoms with Gasteiger partial charge in [0, 0.05) is 57.8 Å². The molecular weight excluding hydrogens is 448 g/mol. The second-order valence-corrected chi connectivity index (χ2v) is 10.8. The zero-order valence-electron chi connectivity index (χ0n) is 22.2. The van der Waals surface area contributed by atoms with Crippen molar-refractivity contribution in [3.8, 4) is 0 Å². The lowest BCUT2D eigenvalue weighted by Gasteiger charge is -2.36. The van der Waals surface area contributed by atoms with Gasteiger partial charge in [0.25, 0.3) is 0 Å². The summed E-state index contributed by atoms with van der Waals surface area (Å²) in [6, 6.07) is 16.5. The molecule has 36 heavy (non-hydrogen) atoms. The van der Waals surface area contributed by atoms with Crippen molar-refractivity contribution >= 4 is 17.5 Å². The average molecular weight is 491 g/mol. The van der Waals surface area contributed by atoms with Crippen LogP contribution >= 0.6 is 0 Å². The van der Waals surface area contributed by atoms with Crippen molar-refractivity contribution in [2.45, 2.75) is 59.0 Å². The first-order valence-corrected chi connectivity index (χ1v) is 13.6. The maximum Gasteiger partial charge on any atom is 0.243 e. The van der Waals surface area contributed by atoms with E-state index in [1.54, 1.807) is 4.90 Å². The Morgan fingerprint density at radius 3 is 2.44 bits per heavy atom. The van der Waals surface area contributed by atoms with E-state index in [4.69, 9.17) is 0 Å². The van der Waals surface area contributed by atoms with Crippen molar-refractivity contribution in [2.24, 2.45) is 5.92 Å². The quantitative estimate of drug-likeness (QED) is 0.540. The lowest BCUT2D eigenvalue weighted by atomic mass is 9.92. The molecule has 2 aliphatic rings. The van der Waals surface area contributed by atoms with Gasteiger partial charge < -0.3 is 15.1 Å². The molecule has 0 aromatic heterocycles. The zero-order valence-corrected chi connectivity index (χ0v) is 22.2. The van der Waals surface area contributed by atoms with Gasteiger partial charge in [0.2, 0.25) is 11.8 Å². The standard InChI is InChI=1S/C30H42N4O2/c1-23(2)19-29(35)34-22-26-11-5-4-10-25(26)21-28(34)30(36)31-13-6-7-14-32-15-17-33(18-16-32)27-12-8-9-24(3)20-27/h4-5,8-12,20,23,28H,6-7,13-19,21-22H2,1-3H3,(H,31,36). The summed E-state index contributed by atoms with van der Waals surface area (Å²) < 4.78 is 0. The SMILES string of the molecule is Cc1cccc(N2CCN(CCCCNC(=O)C3Cc4ccccc4CN3C(=O)CC(C)C)CC2)c1. The second-order valence-electron chi connectivity index (χ2n) is 10.8. The van der Waals surface area contributed by atoms with Gasteiger partial charge in [0.05, 0.1) is 0 Å². The van der Waals surface area contributed by atoms with Gasteiger partial charge >= 0.3 is 0 Å². The number of unbranched alkanes of at least 4 members (excludes halogenated alkanes) is 1. The van der Waals surface area contributed by atoms with Gasteiger partial charge in [-0.25, -0.2) is 0 Å². The van der Waals surface area contributed by atoms with E-state index in [9.17, 15) is 9.59 Å². The molecule has 6 heteroatoms. The number of carbonyl (C=O) groups is 2. The van der Waals surface area contributed by atoms with Gasteiger partial charge in [-0.15, -0.1) is 0 Å². The normalized spacial score (nSPS) is 18.3. The van der Waals surface area contributed by atoms with Crippen LogP contribution in [0.25, 0.3) is 0 Å². The Hall–Kier alpha value is -2.86. The molecule has 0 bridgehead atoms. The number of nitrogens with zero attached hydrogens (tertiary/aromatic N) is 3. The predicted molar refractivity (Wildman–Crippen MR) is 146 cm³/mol. The number of amides is 2. The molecule has 2 aliphatic heterocycles. The van der Waals surface area contributed by atoms with E-state index < -0.39 is 6.04 Å². The van der Waals surface area contributed by atoms with Crippen LogP contribution in [0.3, 0.4) is 0 Å². The van der Waals surface area contributed by atoms with Crippen LogP contribution in [0.5, 0.6) is 0 Å². The molecule has 1 fully saturated rings. The number of aryl methyl sites for hydroxylation is 1. The third kappa shape index (κ3) is 6.88. The van der Waals surface area contributed by atoms with Crippen molar-refractivity contribution in [3.63, 3.8) is 0 Å². The number of carbonyl (C=O) groups excluding carboxylic acids is 2. The number of piperazine rings is 1. The van der Waals surface area contributed by atoms with Gasteiger partial charge in [0.15, 0.2) is 0 Å². The highest BCUT2D eigenvalue weighted by Gasteiger charge is 2.34. The number of nitrogens with one attached hydrogen (secondary N) is 1. The topological polar surface area (TPSA) is 55.9 Å². The molecule has 0 saturated carbocycles. The Kier molecular flexibility index (Phi) is 9.03. The van der Waals surface area contributed by atoms with Gasteiger partial charge in [-0.3, -0.25) is 14.5 Å². The summed E-state index contributed by atoms with van der Waals surface area (Å²) in [5, 5.41) is 3.13. The van der Waals surface area contributed by atoms with E-state index in [0.717, 1.165) is 51.1 Å². The van der Waals surface area contributed by atoms with Crippen LogP contribution in [0.2, 0.25) is 0 Å². The average Bonchev–Trinajstić information content (AvgIpc) is 2.87. The van der Waals surface area contributed by atoms with Crippen LogP contribution in [0.1, 0.15) is 49.8 Å². The predicted octanol–water partition coefficient (Wildman–Crippen LogP) is 4.01. The molecule has 1 unspecified atom stereocenters. The highest BCUT2D eigenvalue weighted by molar-refractivity contribution is 5.88. The molecule has 0 spiro atoms. The number of hydrogen-bond donors (Lipinski definition) is 1. The fourth-order valence-electron chi connectivity index (χ4n) is 5.33. The second kappa shape index (κ2) is 12.4. The van der Waals surface area contributed by atoms with Crippen LogP contribution in [0.15, 0.2) is 48.5 Å². The van der Waals surface area contributed by atoms with Crippen LogP contribution in [-0.2, 0) is 22.6 Å². The fraction of sp³-hybridized carbons (Fsp3) is 0.533. The molecule has 1 N–H and O–H groups in total. The molecule has 0 aliphatic carbocycles. The largest absolute Gasteiger partial charge is 0.369 e. The molecule has 1 atom stereocenters. The van der Waals surface area contributed by atoms with E-state index in [0.29, 0.717) is 25.9 Å². The molecule has 2 aromatic carbocycles. The van der Waals surface area contributed by atoms with E-state index >= 15 is 0 Å². The minimum atomic E-state index is -0.416. The minimum absolute atomic E-state index is 0.0200. The van der Waals surface area contributed by atoms with Gasteiger partial charge in [-0.1, -0.05) is 50.2 Å². The van der Waals surface area contributed by atoms with Gasteiger partial charge in [-0.2, -0.15) is 0 Å². The first-order chi connectivity index (χ1) is 17.4. The van der Waals surface area contributed by atoms with Gasteiger partial charge in [0.1, 0.15) is 6.04 Å². The summed E-state index contributed by atoms with van der Waals surface area (Å²) in [6.07, 6.45) is 3.08. The lowest BCUT2D eigenvalue weighted by Crippen LogP contribution is -2.53.